The predicted molar refractivity (Wildman–Crippen MR) is 82.7 cm³/mol. The van der Waals surface area contributed by atoms with Crippen LogP contribution >= 0.6 is 23.2 Å². The molecule has 0 radical (unpaired) electrons. The SMILES string of the molecule is CCCC(C)(C)NS(=O)(=O)c1cc(Cl)cc(C(=O)O)c1Cl. The summed E-state index contributed by atoms with van der Waals surface area (Å²) < 4.78 is 27.4. The lowest BCUT2D eigenvalue weighted by atomic mass is 10.0. The maximum atomic E-state index is 12.4. The van der Waals surface area contributed by atoms with Crippen LogP contribution in [0.25, 0.3) is 0 Å². The van der Waals surface area contributed by atoms with Gasteiger partial charge >= 0.3 is 5.97 Å². The highest BCUT2D eigenvalue weighted by Crippen LogP contribution is 2.30. The molecular weight excluding hydrogens is 337 g/mol. The Balaban J connectivity index is 3.36. The van der Waals surface area contributed by atoms with Gasteiger partial charge < -0.3 is 5.11 Å². The Labute approximate surface area is 134 Å². The van der Waals surface area contributed by atoms with Gasteiger partial charge in [0.15, 0.2) is 0 Å². The molecule has 2 N–H and O–H groups in total. The van der Waals surface area contributed by atoms with Crippen molar-refractivity contribution in [2.45, 2.75) is 44.0 Å². The normalized spacial score (nSPS) is 12.4. The molecule has 0 amide bonds. The minimum absolute atomic E-state index is 0.00882. The Morgan fingerprint density at radius 1 is 1.33 bits per heavy atom. The van der Waals surface area contributed by atoms with Crippen LogP contribution in [0, 0.1) is 0 Å². The zero-order valence-corrected chi connectivity index (χ0v) is 14.2. The molecule has 1 aromatic rings. The minimum atomic E-state index is -3.98. The van der Waals surface area contributed by atoms with E-state index < -0.39 is 21.5 Å². The lowest BCUT2D eigenvalue weighted by Gasteiger charge is -2.25. The predicted octanol–water partition coefficient (Wildman–Crippen LogP) is 3.55. The van der Waals surface area contributed by atoms with Gasteiger partial charge in [0.05, 0.1) is 10.6 Å². The Bertz CT molecular complexity index is 656. The van der Waals surface area contributed by atoms with Crippen molar-refractivity contribution < 1.29 is 18.3 Å². The van der Waals surface area contributed by atoms with E-state index in [-0.39, 0.29) is 20.5 Å². The van der Waals surface area contributed by atoms with E-state index in [4.69, 9.17) is 28.3 Å². The number of carboxylic acids is 1. The topological polar surface area (TPSA) is 83.5 Å². The van der Waals surface area contributed by atoms with E-state index in [2.05, 4.69) is 4.72 Å². The highest BCUT2D eigenvalue weighted by molar-refractivity contribution is 7.89. The van der Waals surface area contributed by atoms with Crippen LogP contribution < -0.4 is 4.72 Å². The summed E-state index contributed by atoms with van der Waals surface area (Å²) in [4.78, 5) is 10.7. The summed E-state index contributed by atoms with van der Waals surface area (Å²) in [5, 5.41) is 8.68. The van der Waals surface area contributed by atoms with Crippen LogP contribution in [0.1, 0.15) is 44.0 Å². The molecule has 8 heteroatoms. The third-order valence-electron chi connectivity index (χ3n) is 2.81. The van der Waals surface area contributed by atoms with Crippen molar-refractivity contribution in [2.75, 3.05) is 0 Å². The van der Waals surface area contributed by atoms with Gasteiger partial charge in [-0.3, -0.25) is 0 Å². The van der Waals surface area contributed by atoms with E-state index in [1.807, 2.05) is 6.92 Å². The van der Waals surface area contributed by atoms with Crippen LogP contribution in [-0.2, 0) is 10.0 Å². The molecule has 0 aliphatic carbocycles. The first-order valence-electron chi connectivity index (χ1n) is 6.26. The summed E-state index contributed by atoms with van der Waals surface area (Å²) in [7, 11) is -3.98. The molecule has 0 heterocycles. The molecule has 0 saturated carbocycles. The smallest absolute Gasteiger partial charge is 0.337 e. The first-order valence-corrected chi connectivity index (χ1v) is 8.50. The second kappa shape index (κ2) is 6.52. The zero-order chi connectivity index (χ0) is 16.4. The second-order valence-electron chi connectivity index (χ2n) is 5.31. The molecule has 0 fully saturated rings. The second-order valence-corrected chi connectivity index (χ2v) is 7.78. The van der Waals surface area contributed by atoms with Gasteiger partial charge in [0.25, 0.3) is 0 Å². The van der Waals surface area contributed by atoms with Crippen molar-refractivity contribution in [3.05, 3.63) is 27.7 Å². The van der Waals surface area contributed by atoms with Gasteiger partial charge in [0.1, 0.15) is 4.90 Å². The number of hydrogen-bond acceptors (Lipinski definition) is 3. The van der Waals surface area contributed by atoms with Crippen LogP contribution in [0.3, 0.4) is 0 Å². The van der Waals surface area contributed by atoms with E-state index in [1.165, 1.54) is 0 Å². The summed E-state index contributed by atoms with van der Waals surface area (Å²) in [6.45, 7) is 5.42. The highest BCUT2D eigenvalue weighted by Gasteiger charge is 2.29. The average Bonchev–Trinajstić information content (AvgIpc) is 2.29. The first-order chi connectivity index (χ1) is 9.50. The fraction of sp³-hybridized carbons (Fsp3) is 0.462. The van der Waals surface area contributed by atoms with Crippen molar-refractivity contribution in [2.24, 2.45) is 0 Å². The minimum Gasteiger partial charge on any atom is -0.478 e. The van der Waals surface area contributed by atoms with Crippen molar-refractivity contribution in [3.8, 4) is 0 Å². The van der Waals surface area contributed by atoms with Crippen LogP contribution in [0.5, 0.6) is 0 Å². The number of benzene rings is 1. The Morgan fingerprint density at radius 2 is 1.90 bits per heavy atom. The van der Waals surface area contributed by atoms with Gasteiger partial charge in [-0.2, -0.15) is 0 Å². The first kappa shape index (κ1) is 18.2. The molecule has 0 atom stereocenters. The summed E-state index contributed by atoms with van der Waals surface area (Å²) in [5.74, 6) is -1.34. The number of carbonyl (C=O) groups is 1. The van der Waals surface area contributed by atoms with Gasteiger partial charge in [-0.25, -0.2) is 17.9 Å². The van der Waals surface area contributed by atoms with Crippen molar-refractivity contribution >= 4 is 39.2 Å². The number of nitrogens with one attached hydrogen (secondary N) is 1. The summed E-state index contributed by atoms with van der Waals surface area (Å²) in [5.41, 5.74) is -1.03. The lowest BCUT2D eigenvalue weighted by molar-refractivity contribution is 0.0697. The molecule has 0 spiro atoms. The van der Waals surface area contributed by atoms with Crippen LogP contribution in [-0.4, -0.2) is 25.0 Å². The standard InChI is InChI=1S/C13H17Cl2NO4S/c1-4-5-13(2,3)16-21(19,20)10-7-8(14)6-9(11(10)15)12(17)18/h6-7,16H,4-5H2,1-3H3,(H,17,18). The lowest BCUT2D eigenvalue weighted by Crippen LogP contribution is -2.43. The Morgan fingerprint density at radius 3 is 2.38 bits per heavy atom. The molecule has 0 aromatic heterocycles. The molecule has 0 saturated heterocycles. The average molecular weight is 354 g/mol. The third kappa shape index (κ3) is 4.57. The number of carboxylic acid groups (broad SMARTS) is 1. The molecule has 0 unspecified atom stereocenters. The summed E-state index contributed by atoms with van der Waals surface area (Å²) in [6.07, 6.45) is 1.41. The molecule has 1 aromatic carbocycles. The van der Waals surface area contributed by atoms with E-state index in [0.29, 0.717) is 6.42 Å². The Hall–Kier alpha value is -0.820. The van der Waals surface area contributed by atoms with E-state index in [9.17, 15) is 13.2 Å². The summed E-state index contributed by atoms with van der Waals surface area (Å²) in [6, 6.07) is 2.25. The monoisotopic (exact) mass is 353 g/mol. The molecule has 0 aliphatic rings. The highest BCUT2D eigenvalue weighted by atomic mass is 35.5. The number of aromatic carboxylic acids is 1. The maximum Gasteiger partial charge on any atom is 0.337 e. The van der Waals surface area contributed by atoms with Gasteiger partial charge in [-0.1, -0.05) is 36.5 Å². The summed E-state index contributed by atoms with van der Waals surface area (Å²) >= 11 is 11.7. The Kier molecular flexibility index (Phi) is 5.66. The van der Waals surface area contributed by atoms with Gasteiger partial charge in [0.2, 0.25) is 10.0 Å². The molecule has 0 aliphatic heterocycles. The molecular formula is C13H17Cl2NO4S. The van der Waals surface area contributed by atoms with Crippen molar-refractivity contribution in [1.82, 2.24) is 4.72 Å². The van der Waals surface area contributed by atoms with Gasteiger partial charge in [-0.05, 0) is 32.4 Å². The number of halogens is 2. The van der Waals surface area contributed by atoms with Gasteiger partial charge in [-0.15, -0.1) is 0 Å². The molecule has 0 bridgehead atoms. The number of hydrogen-bond donors (Lipinski definition) is 2. The fourth-order valence-electron chi connectivity index (χ4n) is 2.01. The molecule has 21 heavy (non-hydrogen) atoms. The number of rotatable bonds is 6. The van der Waals surface area contributed by atoms with Crippen molar-refractivity contribution in [1.29, 1.82) is 0 Å². The zero-order valence-electron chi connectivity index (χ0n) is 11.9. The molecule has 5 nitrogen and oxygen atoms in total. The fourth-order valence-corrected chi connectivity index (χ4v) is 4.36. The van der Waals surface area contributed by atoms with Crippen molar-refractivity contribution in [3.63, 3.8) is 0 Å². The van der Waals surface area contributed by atoms with Crippen LogP contribution in [0.15, 0.2) is 17.0 Å². The third-order valence-corrected chi connectivity index (χ3v) is 5.27. The van der Waals surface area contributed by atoms with Crippen LogP contribution in [0.4, 0.5) is 0 Å². The molecule has 118 valence electrons. The van der Waals surface area contributed by atoms with E-state index in [0.717, 1.165) is 18.6 Å². The molecule has 1 rings (SSSR count). The van der Waals surface area contributed by atoms with Gasteiger partial charge in [0, 0.05) is 10.6 Å². The maximum absolute atomic E-state index is 12.4. The quantitative estimate of drug-likeness (QED) is 0.818. The largest absolute Gasteiger partial charge is 0.478 e. The van der Waals surface area contributed by atoms with E-state index >= 15 is 0 Å². The number of sulfonamides is 1. The van der Waals surface area contributed by atoms with Crippen LogP contribution in [0.2, 0.25) is 10.0 Å². The van der Waals surface area contributed by atoms with E-state index in [1.54, 1.807) is 13.8 Å².